The van der Waals surface area contributed by atoms with Crippen LogP contribution in [0, 0.1) is 0 Å². The number of amides is 1. The Balaban J connectivity index is 2.14. The first-order valence-corrected chi connectivity index (χ1v) is 9.10. The van der Waals surface area contributed by atoms with E-state index in [1.165, 1.54) is 25.3 Å². The van der Waals surface area contributed by atoms with Crippen molar-refractivity contribution in [2.75, 3.05) is 19.0 Å². The lowest BCUT2D eigenvalue weighted by Gasteiger charge is -2.12. The Hall–Kier alpha value is -2.58. The monoisotopic (exact) mass is 364 g/mol. The molecular weight excluding hydrogens is 344 g/mol. The molecule has 2 rings (SSSR count). The Kier molecular flexibility index (Phi) is 6.00. The molecule has 0 heterocycles. The molecule has 0 saturated heterocycles. The molecule has 0 saturated carbocycles. The van der Waals surface area contributed by atoms with E-state index in [9.17, 15) is 13.2 Å². The van der Waals surface area contributed by atoms with Crippen LogP contribution in [-0.4, -0.2) is 28.0 Å². The summed E-state index contributed by atoms with van der Waals surface area (Å²) in [5, 5.41) is 7.76. The van der Waals surface area contributed by atoms with Crippen molar-refractivity contribution in [3.8, 4) is 11.5 Å². The molecule has 0 radical (unpaired) electrons. The highest BCUT2D eigenvalue weighted by atomic mass is 32.2. The zero-order chi connectivity index (χ0) is 18.4. The fourth-order valence-electron chi connectivity index (χ4n) is 2.21. The van der Waals surface area contributed by atoms with Gasteiger partial charge in [-0.1, -0.05) is 12.1 Å². The molecule has 1 amide bonds. The highest BCUT2D eigenvalue weighted by molar-refractivity contribution is 7.89. The van der Waals surface area contributed by atoms with Gasteiger partial charge in [0.1, 0.15) is 11.5 Å². The fraction of sp³-hybridized carbons (Fsp3) is 0.235. The smallest absolute Gasteiger partial charge is 0.238 e. The molecule has 0 aliphatic rings. The second-order valence-corrected chi connectivity index (χ2v) is 6.77. The molecule has 0 atom stereocenters. The van der Waals surface area contributed by atoms with Crippen molar-refractivity contribution in [1.82, 2.24) is 0 Å². The molecule has 7 nitrogen and oxygen atoms in total. The third-order valence-corrected chi connectivity index (χ3v) is 4.28. The summed E-state index contributed by atoms with van der Waals surface area (Å²) < 4.78 is 33.4. The van der Waals surface area contributed by atoms with E-state index < -0.39 is 10.0 Å². The van der Waals surface area contributed by atoms with Crippen molar-refractivity contribution in [2.24, 2.45) is 5.14 Å². The van der Waals surface area contributed by atoms with Crippen LogP contribution in [0.25, 0.3) is 0 Å². The van der Waals surface area contributed by atoms with Crippen LogP contribution in [0.2, 0.25) is 0 Å². The molecule has 0 spiro atoms. The van der Waals surface area contributed by atoms with E-state index in [0.717, 1.165) is 11.3 Å². The van der Waals surface area contributed by atoms with E-state index in [2.05, 4.69) is 5.32 Å². The van der Waals surface area contributed by atoms with Gasteiger partial charge in [-0.05, 0) is 42.8 Å². The lowest BCUT2D eigenvalue weighted by Crippen LogP contribution is -2.17. The minimum absolute atomic E-state index is 0.107. The summed E-state index contributed by atoms with van der Waals surface area (Å²) in [6.07, 6.45) is 0.120. The van der Waals surface area contributed by atoms with Gasteiger partial charge in [-0.2, -0.15) is 0 Å². The maximum Gasteiger partial charge on any atom is 0.238 e. The maximum atomic E-state index is 12.2. The van der Waals surface area contributed by atoms with Gasteiger partial charge in [0.25, 0.3) is 0 Å². The summed E-state index contributed by atoms with van der Waals surface area (Å²) in [4.78, 5) is 12.1. The zero-order valence-electron chi connectivity index (χ0n) is 14.0. The molecule has 134 valence electrons. The summed E-state index contributed by atoms with van der Waals surface area (Å²) in [7, 11) is -2.45. The number of anilines is 1. The number of nitrogens with one attached hydrogen (secondary N) is 1. The summed E-state index contributed by atoms with van der Waals surface area (Å²) in [5.41, 5.74) is 1.03. The second-order valence-electron chi connectivity index (χ2n) is 5.21. The number of ether oxygens (including phenoxy) is 2. The van der Waals surface area contributed by atoms with E-state index in [4.69, 9.17) is 14.6 Å². The highest BCUT2D eigenvalue weighted by Gasteiger charge is 2.14. The number of sulfonamides is 1. The van der Waals surface area contributed by atoms with Gasteiger partial charge < -0.3 is 14.8 Å². The summed E-state index contributed by atoms with van der Waals surface area (Å²) in [5.74, 6) is 0.760. The molecule has 2 aromatic carbocycles. The number of methoxy groups -OCH3 is 1. The summed E-state index contributed by atoms with van der Waals surface area (Å²) in [6.45, 7) is 2.46. The van der Waals surface area contributed by atoms with E-state index in [-0.39, 0.29) is 22.9 Å². The van der Waals surface area contributed by atoms with Crippen molar-refractivity contribution in [2.45, 2.75) is 18.2 Å². The number of rotatable bonds is 7. The summed E-state index contributed by atoms with van der Waals surface area (Å²) in [6, 6.07) is 11.2. The Morgan fingerprint density at radius 2 is 1.84 bits per heavy atom. The van der Waals surface area contributed by atoms with Crippen LogP contribution in [0.3, 0.4) is 0 Å². The number of primary sulfonamides is 1. The second kappa shape index (κ2) is 8.00. The van der Waals surface area contributed by atoms with E-state index in [1.54, 1.807) is 24.3 Å². The molecule has 2 aromatic rings. The van der Waals surface area contributed by atoms with Crippen LogP contribution >= 0.6 is 0 Å². The molecule has 0 fully saturated rings. The number of carbonyl (C=O) groups excluding carboxylic acids is 1. The molecule has 0 aromatic heterocycles. The third-order valence-electron chi connectivity index (χ3n) is 3.37. The minimum atomic E-state index is -3.88. The average molecular weight is 364 g/mol. The number of hydrogen-bond acceptors (Lipinski definition) is 5. The number of hydrogen-bond donors (Lipinski definition) is 2. The lowest BCUT2D eigenvalue weighted by molar-refractivity contribution is -0.115. The van der Waals surface area contributed by atoms with Crippen molar-refractivity contribution >= 4 is 21.6 Å². The Labute approximate surface area is 146 Å². The van der Waals surface area contributed by atoms with E-state index in [0.29, 0.717) is 12.4 Å². The zero-order valence-corrected chi connectivity index (χ0v) is 14.8. The Morgan fingerprint density at radius 1 is 1.16 bits per heavy atom. The highest BCUT2D eigenvalue weighted by Crippen LogP contribution is 2.27. The van der Waals surface area contributed by atoms with Gasteiger partial charge in [0.05, 0.1) is 30.7 Å². The van der Waals surface area contributed by atoms with Crippen molar-refractivity contribution in [3.63, 3.8) is 0 Å². The number of carbonyl (C=O) groups is 1. The van der Waals surface area contributed by atoms with Gasteiger partial charge in [0.2, 0.25) is 15.9 Å². The minimum Gasteiger partial charge on any atom is -0.495 e. The average Bonchev–Trinajstić information content (AvgIpc) is 2.56. The molecule has 0 aliphatic heterocycles. The van der Waals surface area contributed by atoms with Crippen molar-refractivity contribution < 1.29 is 22.7 Å². The van der Waals surface area contributed by atoms with Gasteiger partial charge in [0.15, 0.2) is 0 Å². The van der Waals surface area contributed by atoms with Crippen LogP contribution in [0.5, 0.6) is 11.5 Å². The van der Waals surface area contributed by atoms with Gasteiger partial charge in [-0.15, -0.1) is 0 Å². The van der Waals surface area contributed by atoms with Crippen molar-refractivity contribution in [3.05, 3.63) is 48.0 Å². The number of nitrogens with two attached hydrogens (primary N) is 1. The molecule has 0 aliphatic carbocycles. The van der Waals surface area contributed by atoms with Crippen LogP contribution < -0.4 is 19.9 Å². The summed E-state index contributed by atoms with van der Waals surface area (Å²) >= 11 is 0. The van der Waals surface area contributed by atoms with Crippen LogP contribution in [-0.2, 0) is 21.2 Å². The first-order chi connectivity index (χ1) is 11.8. The van der Waals surface area contributed by atoms with Crippen molar-refractivity contribution in [1.29, 1.82) is 0 Å². The predicted molar refractivity (Wildman–Crippen MR) is 94.3 cm³/mol. The first-order valence-electron chi connectivity index (χ1n) is 7.56. The largest absolute Gasteiger partial charge is 0.495 e. The first kappa shape index (κ1) is 18.8. The third kappa shape index (κ3) is 5.20. The normalized spacial score (nSPS) is 11.0. The van der Waals surface area contributed by atoms with Gasteiger partial charge >= 0.3 is 0 Å². The molecule has 0 bridgehead atoms. The Morgan fingerprint density at radius 3 is 2.40 bits per heavy atom. The maximum absolute atomic E-state index is 12.2. The molecular formula is C17H20N2O5S. The quantitative estimate of drug-likeness (QED) is 0.780. The van der Waals surface area contributed by atoms with Gasteiger partial charge in [0, 0.05) is 0 Å². The number of benzene rings is 2. The SMILES string of the molecule is CCOc1ccc(CC(=O)Nc2cc(S(N)(=O)=O)ccc2OC)cc1. The standard InChI is InChI=1S/C17H20N2O5S/c1-3-24-13-6-4-12(5-7-13)10-17(20)19-15-11-14(25(18,21)22)8-9-16(15)23-2/h4-9,11H,3,10H2,1-2H3,(H,19,20)(H2,18,21,22). The van der Waals surface area contributed by atoms with Gasteiger partial charge in [-0.25, -0.2) is 13.6 Å². The molecule has 25 heavy (non-hydrogen) atoms. The molecule has 3 N–H and O–H groups in total. The molecule has 8 heteroatoms. The van der Waals surface area contributed by atoms with Crippen LogP contribution in [0.4, 0.5) is 5.69 Å². The van der Waals surface area contributed by atoms with Crippen LogP contribution in [0.15, 0.2) is 47.4 Å². The van der Waals surface area contributed by atoms with Gasteiger partial charge in [-0.3, -0.25) is 4.79 Å². The van der Waals surface area contributed by atoms with E-state index >= 15 is 0 Å². The topological polar surface area (TPSA) is 108 Å². The fourth-order valence-corrected chi connectivity index (χ4v) is 2.75. The van der Waals surface area contributed by atoms with E-state index in [1.807, 2.05) is 6.92 Å². The Bertz CT molecular complexity index is 848. The predicted octanol–water partition coefficient (Wildman–Crippen LogP) is 1.92. The van der Waals surface area contributed by atoms with Crippen LogP contribution in [0.1, 0.15) is 12.5 Å². The lowest BCUT2D eigenvalue weighted by atomic mass is 10.1. The molecule has 0 unspecified atom stereocenters.